The number of carbonyl (C=O) groups excluding carboxylic acids is 1. The van der Waals surface area contributed by atoms with Crippen LogP contribution in [0.5, 0.6) is 0 Å². The first-order valence-electron chi connectivity index (χ1n) is 7.13. The van der Waals surface area contributed by atoms with Crippen molar-refractivity contribution in [1.29, 1.82) is 5.26 Å². The van der Waals surface area contributed by atoms with Crippen LogP contribution in [0.2, 0.25) is 0 Å². The van der Waals surface area contributed by atoms with Crippen LogP contribution < -0.4 is 5.73 Å². The Morgan fingerprint density at radius 2 is 1.96 bits per heavy atom. The number of ketones is 1. The van der Waals surface area contributed by atoms with Crippen LogP contribution in [0.3, 0.4) is 0 Å². The SMILES string of the molecule is N#CC1=C(N)SC(C(=O)c2ccccc2)C1c1ccc(Br)c(F)c1. The van der Waals surface area contributed by atoms with Gasteiger partial charge < -0.3 is 5.73 Å². The zero-order valence-electron chi connectivity index (χ0n) is 12.4. The highest BCUT2D eigenvalue weighted by atomic mass is 79.9. The molecule has 0 radical (unpaired) electrons. The molecule has 24 heavy (non-hydrogen) atoms. The molecule has 6 heteroatoms. The minimum atomic E-state index is -0.581. The molecule has 3 nitrogen and oxygen atoms in total. The summed E-state index contributed by atoms with van der Waals surface area (Å²) in [5, 5.41) is 9.19. The average molecular weight is 403 g/mol. The number of nitriles is 1. The van der Waals surface area contributed by atoms with Crippen molar-refractivity contribution in [3.05, 3.63) is 80.5 Å². The van der Waals surface area contributed by atoms with Gasteiger partial charge in [-0.05, 0) is 33.6 Å². The van der Waals surface area contributed by atoms with Crippen LogP contribution in [0.1, 0.15) is 21.8 Å². The van der Waals surface area contributed by atoms with Gasteiger partial charge in [0.2, 0.25) is 0 Å². The molecular weight excluding hydrogens is 391 g/mol. The van der Waals surface area contributed by atoms with Crippen LogP contribution >= 0.6 is 27.7 Å². The summed E-state index contributed by atoms with van der Waals surface area (Å²) in [6.45, 7) is 0. The Morgan fingerprint density at radius 3 is 2.58 bits per heavy atom. The molecule has 0 aliphatic carbocycles. The van der Waals surface area contributed by atoms with E-state index in [2.05, 4.69) is 22.0 Å². The van der Waals surface area contributed by atoms with Gasteiger partial charge >= 0.3 is 0 Å². The number of nitrogens with zero attached hydrogens (tertiary/aromatic N) is 1. The first-order valence-corrected chi connectivity index (χ1v) is 8.80. The molecular formula is C18H12BrFN2OS. The second-order valence-corrected chi connectivity index (χ2v) is 7.35. The topological polar surface area (TPSA) is 66.9 Å². The van der Waals surface area contributed by atoms with Gasteiger partial charge in [-0.25, -0.2) is 4.39 Å². The van der Waals surface area contributed by atoms with Crippen molar-refractivity contribution in [2.45, 2.75) is 11.2 Å². The van der Waals surface area contributed by atoms with E-state index < -0.39 is 17.0 Å². The summed E-state index contributed by atoms with van der Waals surface area (Å²) < 4.78 is 14.3. The van der Waals surface area contributed by atoms with Gasteiger partial charge in [0, 0.05) is 11.5 Å². The quantitative estimate of drug-likeness (QED) is 0.774. The van der Waals surface area contributed by atoms with Crippen LogP contribution in [-0.4, -0.2) is 11.0 Å². The van der Waals surface area contributed by atoms with Gasteiger partial charge in [-0.1, -0.05) is 48.2 Å². The molecule has 0 aromatic heterocycles. The van der Waals surface area contributed by atoms with Crippen molar-refractivity contribution in [3.63, 3.8) is 0 Å². The molecule has 2 unspecified atom stereocenters. The van der Waals surface area contributed by atoms with E-state index in [0.717, 1.165) is 0 Å². The maximum Gasteiger partial charge on any atom is 0.177 e. The molecule has 0 fully saturated rings. The van der Waals surface area contributed by atoms with Crippen molar-refractivity contribution in [2.24, 2.45) is 5.73 Å². The zero-order valence-corrected chi connectivity index (χ0v) is 14.8. The van der Waals surface area contributed by atoms with Crippen LogP contribution in [0.25, 0.3) is 0 Å². The van der Waals surface area contributed by atoms with E-state index in [-0.39, 0.29) is 5.78 Å². The minimum absolute atomic E-state index is 0.123. The van der Waals surface area contributed by atoms with Gasteiger partial charge in [0.05, 0.1) is 26.4 Å². The van der Waals surface area contributed by atoms with Crippen molar-refractivity contribution in [2.75, 3.05) is 0 Å². The normalized spacial score (nSPS) is 20.0. The fourth-order valence-electron chi connectivity index (χ4n) is 2.72. The second-order valence-electron chi connectivity index (χ2n) is 5.31. The molecule has 0 spiro atoms. The lowest BCUT2D eigenvalue weighted by molar-refractivity contribution is 0.0985. The Morgan fingerprint density at radius 1 is 1.25 bits per heavy atom. The lowest BCUT2D eigenvalue weighted by atomic mass is 9.86. The number of Topliss-reactive ketones (excluding diaryl/α,β-unsaturated/α-hetero) is 1. The van der Waals surface area contributed by atoms with Crippen LogP contribution in [0.4, 0.5) is 4.39 Å². The molecule has 1 heterocycles. The van der Waals surface area contributed by atoms with Crippen molar-refractivity contribution >= 4 is 33.5 Å². The molecule has 2 aromatic rings. The highest BCUT2D eigenvalue weighted by Crippen LogP contribution is 2.47. The fourth-order valence-corrected chi connectivity index (χ4v) is 4.21. The molecule has 120 valence electrons. The predicted octanol–water partition coefficient (Wildman–Crippen LogP) is 4.36. The molecule has 0 amide bonds. The number of nitrogens with two attached hydrogens (primary N) is 1. The number of rotatable bonds is 3. The summed E-state index contributed by atoms with van der Waals surface area (Å²) in [7, 11) is 0. The Hall–Kier alpha value is -2.10. The molecule has 3 rings (SSSR count). The summed E-state index contributed by atoms with van der Waals surface area (Å²) in [5.74, 6) is -1.12. The Labute approximate surface area is 151 Å². The largest absolute Gasteiger partial charge is 0.393 e. The number of benzene rings is 2. The maximum absolute atomic E-state index is 13.9. The molecule has 2 N–H and O–H groups in total. The van der Waals surface area contributed by atoms with Gasteiger partial charge in [0.1, 0.15) is 5.82 Å². The Bertz CT molecular complexity index is 876. The monoisotopic (exact) mass is 402 g/mol. The number of hydrogen-bond acceptors (Lipinski definition) is 4. The Kier molecular flexibility index (Phi) is 4.74. The molecule has 1 aliphatic rings. The van der Waals surface area contributed by atoms with Crippen molar-refractivity contribution < 1.29 is 9.18 Å². The summed E-state index contributed by atoms with van der Waals surface area (Å²) in [6, 6.07) is 15.5. The molecule has 0 saturated carbocycles. The van der Waals surface area contributed by atoms with Crippen LogP contribution in [-0.2, 0) is 0 Å². The summed E-state index contributed by atoms with van der Waals surface area (Å²) in [5.41, 5.74) is 7.38. The third kappa shape index (κ3) is 2.97. The third-order valence-corrected chi connectivity index (χ3v) is 5.73. The first-order chi connectivity index (χ1) is 11.5. The van der Waals surface area contributed by atoms with Gasteiger partial charge in [-0.3, -0.25) is 4.79 Å². The zero-order chi connectivity index (χ0) is 17.3. The fraction of sp³-hybridized carbons (Fsp3) is 0.111. The molecule has 0 bridgehead atoms. The van der Waals surface area contributed by atoms with E-state index in [4.69, 9.17) is 5.73 Å². The highest BCUT2D eigenvalue weighted by molar-refractivity contribution is 9.10. The van der Waals surface area contributed by atoms with Crippen LogP contribution in [0.15, 0.2) is 63.6 Å². The van der Waals surface area contributed by atoms with Crippen molar-refractivity contribution in [3.8, 4) is 6.07 Å². The van der Waals surface area contributed by atoms with Crippen molar-refractivity contribution in [1.82, 2.24) is 0 Å². The second kappa shape index (κ2) is 6.80. The van der Waals surface area contributed by atoms with E-state index in [1.807, 2.05) is 6.07 Å². The van der Waals surface area contributed by atoms with E-state index in [1.165, 1.54) is 17.8 Å². The minimum Gasteiger partial charge on any atom is -0.393 e. The molecule has 2 atom stereocenters. The van der Waals surface area contributed by atoms with Gasteiger partial charge in [0.15, 0.2) is 5.78 Å². The van der Waals surface area contributed by atoms with Gasteiger partial charge in [-0.2, -0.15) is 5.26 Å². The first kappa shape index (κ1) is 16.7. The number of carbonyl (C=O) groups is 1. The van der Waals surface area contributed by atoms with E-state index >= 15 is 0 Å². The molecule has 2 aromatic carbocycles. The molecule has 1 aliphatic heterocycles. The average Bonchev–Trinajstić information content (AvgIpc) is 2.93. The Balaban J connectivity index is 2.05. The van der Waals surface area contributed by atoms with Gasteiger partial charge in [0.25, 0.3) is 0 Å². The lowest BCUT2D eigenvalue weighted by Crippen LogP contribution is -2.23. The summed E-state index contributed by atoms with van der Waals surface area (Å²) >= 11 is 4.28. The highest BCUT2D eigenvalue weighted by Gasteiger charge is 2.41. The third-order valence-electron chi connectivity index (χ3n) is 3.87. The smallest absolute Gasteiger partial charge is 0.177 e. The lowest BCUT2D eigenvalue weighted by Gasteiger charge is -2.19. The maximum atomic E-state index is 13.9. The number of hydrogen-bond donors (Lipinski definition) is 1. The standard InChI is InChI=1S/C18H12BrFN2OS/c19-13-7-6-11(8-14(13)20)15-12(9-21)18(22)24-17(15)16(23)10-4-2-1-3-5-10/h1-8,15,17H,22H2. The van der Waals surface area contributed by atoms with E-state index in [0.29, 0.717) is 26.2 Å². The predicted molar refractivity (Wildman–Crippen MR) is 95.8 cm³/mol. The number of thioether (sulfide) groups is 1. The number of halogens is 2. The van der Waals surface area contributed by atoms with E-state index in [1.54, 1.807) is 36.4 Å². The molecule has 0 saturated heterocycles. The van der Waals surface area contributed by atoms with E-state index in [9.17, 15) is 14.4 Å². The van der Waals surface area contributed by atoms with Gasteiger partial charge in [-0.15, -0.1) is 0 Å². The van der Waals surface area contributed by atoms with Crippen LogP contribution in [0, 0.1) is 17.1 Å². The number of allylic oxidation sites excluding steroid dienone is 1. The summed E-state index contributed by atoms with van der Waals surface area (Å²) in [4.78, 5) is 12.9. The summed E-state index contributed by atoms with van der Waals surface area (Å²) in [6.07, 6.45) is 0.